The van der Waals surface area contributed by atoms with Crippen molar-refractivity contribution in [3.63, 3.8) is 0 Å². The van der Waals surface area contributed by atoms with Gasteiger partial charge in [0, 0.05) is 13.5 Å². The summed E-state index contributed by atoms with van der Waals surface area (Å²) >= 11 is 0. The zero-order chi connectivity index (χ0) is 19.4. The largest absolute Gasteiger partial charge is 0.497 e. The zero-order valence-corrected chi connectivity index (χ0v) is 15.4. The van der Waals surface area contributed by atoms with Gasteiger partial charge in [-0.3, -0.25) is 14.4 Å². The molecule has 27 heavy (non-hydrogen) atoms. The van der Waals surface area contributed by atoms with E-state index in [1.165, 1.54) is 11.8 Å². The highest BCUT2D eigenvalue weighted by atomic mass is 16.5. The molecule has 0 aliphatic carbocycles. The van der Waals surface area contributed by atoms with Crippen molar-refractivity contribution in [2.24, 2.45) is 0 Å². The van der Waals surface area contributed by atoms with E-state index in [-0.39, 0.29) is 24.1 Å². The van der Waals surface area contributed by atoms with Crippen LogP contribution in [0.2, 0.25) is 0 Å². The molecular weight excluding hydrogens is 344 g/mol. The van der Waals surface area contributed by atoms with Crippen LogP contribution in [0.5, 0.6) is 5.75 Å². The average Bonchev–Trinajstić information content (AvgIpc) is 2.97. The van der Waals surface area contributed by atoms with Gasteiger partial charge in [-0.15, -0.1) is 0 Å². The molecular formula is C21H22N2O4. The Labute approximate surface area is 158 Å². The van der Waals surface area contributed by atoms with Crippen molar-refractivity contribution in [3.05, 3.63) is 60.2 Å². The van der Waals surface area contributed by atoms with E-state index in [0.29, 0.717) is 24.4 Å². The van der Waals surface area contributed by atoms with E-state index in [9.17, 15) is 14.4 Å². The molecule has 1 aliphatic heterocycles. The third kappa shape index (κ3) is 4.00. The minimum Gasteiger partial charge on any atom is -0.497 e. The fourth-order valence-electron chi connectivity index (χ4n) is 3.29. The first kappa shape index (κ1) is 18.6. The normalized spacial score (nSPS) is 16.5. The molecule has 0 saturated carbocycles. The summed E-state index contributed by atoms with van der Waals surface area (Å²) in [6, 6.07) is 15.7. The Hall–Kier alpha value is -3.15. The van der Waals surface area contributed by atoms with Crippen molar-refractivity contribution in [2.75, 3.05) is 18.6 Å². The summed E-state index contributed by atoms with van der Waals surface area (Å²) in [6.45, 7) is 1.82. The van der Waals surface area contributed by atoms with Gasteiger partial charge in [-0.1, -0.05) is 30.3 Å². The van der Waals surface area contributed by atoms with E-state index < -0.39 is 6.04 Å². The Balaban J connectivity index is 1.76. The molecule has 1 aliphatic rings. The van der Waals surface area contributed by atoms with E-state index >= 15 is 0 Å². The van der Waals surface area contributed by atoms with Crippen LogP contribution < -0.4 is 9.64 Å². The summed E-state index contributed by atoms with van der Waals surface area (Å²) < 4.78 is 5.11. The first-order valence-corrected chi connectivity index (χ1v) is 8.83. The van der Waals surface area contributed by atoms with Crippen molar-refractivity contribution in [1.29, 1.82) is 0 Å². The molecule has 6 heteroatoms. The third-order valence-corrected chi connectivity index (χ3v) is 4.72. The fourth-order valence-corrected chi connectivity index (χ4v) is 3.29. The Morgan fingerprint density at radius 2 is 1.78 bits per heavy atom. The van der Waals surface area contributed by atoms with Gasteiger partial charge in [-0.05, 0) is 36.2 Å². The maximum absolute atomic E-state index is 12.9. The highest BCUT2D eigenvalue weighted by Crippen LogP contribution is 2.27. The monoisotopic (exact) mass is 366 g/mol. The Kier molecular flexibility index (Phi) is 5.54. The quantitative estimate of drug-likeness (QED) is 0.737. The number of methoxy groups -OCH3 is 1. The molecule has 0 aromatic heterocycles. The molecule has 3 amide bonds. The Morgan fingerprint density at radius 1 is 1.11 bits per heavy atom. The lowest BCUT2D eigenvalue weighted by Crippen LogP contribution is -2.45. The number of hydrogen-bond acceptors (Lipinski definition) is 4. The number of rotatable bonds is 6. The van der Waals surface area contributed by atoms with Crippen molar-refractivity contribution in [3.8, 4) is 5.75 Å². The summed E-state index contributed by atoms with van der Waals surface area (Å²) in [5.41, 5.74) is 1.56. The molecule has 1 unspecified atom stereocenters. The molecule has 2 aromatic rings. The minimum absolute atomic E-state index is 0.000762. The number of carbonyl (C=O) groups is 3. The standard InChI is InChI=1S/C21H22N2O4/c1-15(24)22(13-12-16-6-4-3-5-7-16)19-14-20(25)23(21(19)26)17-8-10-18(27-2)11-9-17/h3-11,19H,12-14H2,1-2H3. The molecule has 1 heterocycles. The van der Waals surface area contributed by atoms with Gasteiger partial charge in [0.1, 0.15) is 11.8 Å². The summed E-state index contributed by atoms with van der Waals surface area (Å²) in [4.78, 5) is 40.2. The SMILES string of the molecule is COc1ccc(N2C(=O)CC(N(CCc3ccccc3)C(C)=O)C2=O)cc1. The van der Waals surface area contributed by atoms with Crippen molar-refractivity contribution in [1.82, 2.24) is 4.90 Å². The van der Waals surface area contributed by atoms with E-state index in [4.69, 9.17) is 4.74 Å². The van der Waals surface area contributed by atoms with Gasteiger partial charge in [0.15, 0.2) is 0 Å². The predicted molar refractivity (Wildman–Crippen MR) is 101 cm³/mol. The molecule has 2 aromatic carbocycles. The number of anilines is 1. The second kappa shape index (κ2) is 8.03. The van der Waals surface area contributed by atoms with Gasteiger partial charge in [0.05, 0.1) is 19.2 Å². The second-order valence-electron chi connectivity index (χ2n) is 6.43. The molecule has 1 saturated heterocycles. The van der Waals surface area contributed by atoms with Crippen LogP contribution in [0.3, 0.4) is 0 Å². The summed E-state index contributed by atoms with van der Waals surface area (Å²) in [5, 5.41) is 0. The van der Waals surface area contributed by atoms with E-state index in [1.54, 1.807) is 31.4 Å². The van der Waals surface area contributed by atoms with Crippen LogP contribution in [-0.4, -0.2) is 42.3 Å². The molecule has 0 bridgehead atoms. The lowest BCUT2D eigenvalue weighted by atomic mass is 10.1. The van der Waals surface area contributed by atoms with Crippen molar-refractivity contribution in [2.45, 2.75) is 25.8 Å². The first-order valence-electron chi connectivity index (χ1n) is 8.83. The number of nitrogens with zero attached hydrogens (tertiary/aromatic N) is 2. The number of amides is 3. The lowest BCUT2D eigenvalue weighted by Gasteiger charge is -2.26. The van der Waals surface area contributed by atoms with Gasteiger partial charge in [-0.2, -0.15) is 0 Å². The maximum Gasteiger partial charge on any atom is 0.257 e. The highest BCUT2D eigenvalue weighted by Gasteiger charge is 2.43. The van der Waals surface area contributed by atoms with E-state index in [1.807, 2.05) is 30.3 Å². The van der Waals surface area contributed by atoms with Gasteiger partial charge >= 0.3 is 0 Å². The molecule has 3 rings (SSSR count). The number of benzene rings is 2. The van der Waals surface area contributed by atoms with E-state index in [2.05, 4.69) is 0 Å². The molecule has 0 radical (unpaired) electrons. The van der Waals surface area contributed by atoms with Crippen molar-refractivity contribution >= 4 is 23.4 Å². The number of imide groups is 1. The predicted octanol–water partition coefficient (Wildman–Crippen LogP) is 2.42. The van der Waals surface area contributed by atoms with Gasteiger partial charge in [0.25, 0.3) is 5.91 Å². The zero-order valence-electron chi connectivity index (χ0n) is 15.4. The molecule has 1 fully saturated rings. The maximum atomic E-state index is 12.9. The van der Waals surface area contributed by atoms with Gasteiger partial charge < -0.3 is 9.64 Å². The third-order valence-electron chi connectivity index (χ3n) is 4.72. The van der Waals surface area contributed by atoms with Gasteiger partial charge in [0.2, 0.25) is 11.8 Å². The van der Waals surface area contributed by atoms with Crippen LogP contribution in [0.4, 0.5) is 5.69 Å². The van der Waals surface area contributed by atoms with Crippen LogP contribution in [0.1, 0.15) is 18.9 Å². The summed E-state index contributed by atoms with van der Waals surface area (Å²) in [6.07, 6.45) is 0.625. The molecule has 0 spiro atoms. The average molecular weight is 366 g/mol. The molecule has 140 valence electrons. The van der Waals surface area contributed by atoms with Crippen LogP contribution in [0, 0.1) is 0 Å². The van der Waals surface area contributed by atoms with Crippen LogP contribution in [0.15, 0.2) is 54.6 Å². The van der Waals surface area contributed by atoms with Crippen LogP contribution in [0.25, 0.3) is 0 Å². The molecule has 1 atom stereocenters. The summed E-state index contributed by atoms with van der Waals surface area (Å²) in [7, 11) is 1.55. The molecule has 0 N–H and O–H groups in total. The Bertz CT molecular complexity index is 833. The topological polar surface area (TPSA) is 66.9 Å². The fraction of sp³-hybridized carbons (Fsp3) is 0.286. The first-order chi connectivity index (χ1) is 13.0. The minimum atomic E-state index is -0.763. The van der Waals surface area contributed by atoms with E-state index in [0.717, 1.165) is 10.5 Å². The number of hydrogen-bond donors (Lipinski definition) is 0. The number of carbonyl (C=O) groups excluding carboxylic acids is 3. The van der Waals surface area contributed by atoms with Gasteiger partial charge in [-0.25, -0.2) is 4.90 Å². The molecule has 6 nitrogen and oxygen atoms in total. The summed E-state index contributed by atoms with van der Waals surface area (Å²) in [5.74, 6) is -0.245. The smallest absolute Gasteiger partial charge is 0.257 e. The van der Waals surface area contributed by atoms with Crippen molar-refractivity contribution < 1.29 is 19.1 Å². The van der Waals surface area contributed by atoms with Crippen LogP contribution in [-0.2, 0) is 20.8 Å². The highest BCUT2D eigenvalue weighted by molar-refractivity contribution is 6.23. The lowest BCUT2D eigenvalue weighted by molar-refractivity contribution is -0.136. The Morgan fingerprint density at radius 3 is 2.37 bits per heavy atom. The van der Waals surface area contributed by atoms with Crippen LogP contribution >= 0.6 is 0 Å². The number of ether oxygens (including phenoxy) is 1. The second-order valence-corrected chi connectivity index (χ2v) is 6.43.